The van der Waals surface area contributed by atoms with Crippen LogP contribution >= 0.6 is 0 Å². The maximum atomic E-state index is 12.1. The topological polar surface area (TPSA) is 57.8 Å². The van der Waals surface area contributed by atoms with Crippen molar-refractivity contribution in [3.05, 3.63) is 65.5 Å². The highest BCUT2D eigenvalue weighted by Gasteiger charge is 2.08. The molecule has 1 aromatic carbocycles. The Morgan fingerprint density at radius 3 is 3.05 bits per heavy atom. The smallest absolute Gasteiger partial charge is 0.224 e. The Bertz CT molecular complexity index is 776. The van der Waals surface area contributed by atoms with E-state index >= 15 is 0 Å². The monoisotopic (exact) mass is 279 g/mol. The van der Waals surface area contributed by atoms with E-state index in [1.807, 2.05) is 43.5 Å². The van der Waals surface area contributed by atoms with E-state index in [1.165, 1.54) is 5.56 Å². The fraction of sp³-hybridized carbons (Fsp3) is 0.176. The predicted molar refractivity (Wildman–Crippen MR) is 82.8 cm³/mol. The van der Waals surface area contributed by atoms with E-state index in [9.17, 15) is 4.79 Å². The number of aromatic nitrogens is 2. The maximum Gasteiger partial charge on any atom is 0.224 e. The first kappa shape index (κ1) is 13.4. The minimum Gasteiger partial charge on any atom is -0.352 e. The second-order valence-corrected chi connectivity index (χ2v) is 5.16. The number of nitrogens with one attached hydrogen (secondary N) is 2. The molecule has 0 aliphatic heterocycles. The van der Waals surface area contributed by atoms with Crippen LogP contribution in [0.15, 0.2) is 48.8 Å². The summed E-state index contributed by atoms with van der Waals surface area (Å²) in [5.74, 6) is 0.0151. The number of nitrogens with zero attached hydrogens (tertiary/aromatic N) is 1. The number of pyridine rings is 1. The van der Waals surface area contributed by atoms with Gasteiger partial charge < -0.3 is 10.3 Å². The maximum absolute atomic E-state index is 12.1. The molecule has 4 heteroatoms. The Morgan fingerprint density at radius 2 is 2.19 bits per heavy atom. The Kier molecular flexibility index (Phi) is 3.69. The molecule has 2 aromatic heterocycles. The summed E-state index contributed by atoms with van der Waals surface area (Å²) in [6.45, 7) is 2.60. The van der Waals surface area contributed by atoms with Crippen LogP contribution in [0.4, 0.5) is 0 Å². The van der Waals surface area contributed by atoms with Crippen LogP contribution in [0, 0.1) is 6.92 Å². The highest BCUT2D eigenvalue weighted by atomic mass is 16.1. The first-order valence-corrected chi connectivity index (χ1v) is 6.95. The largest absolute Gasteiger partial charge is 0.352 e. The lowest BCUT2D eigenvalue weighted by atomic mass is 10.1. The molecule has 2 heterocycles. The molecular formula is C17H17N3O. The zero-order valence-corrected chi connectivity index (χ0v) is 11.9. The molecule has 0 aliphatic carbocycles. The van der Waals surface area contributed by atoms with Crippen LogP contribution in [-0.4, -0.2) is 15.9 Å². The molecule has 3 aromatic rings. The molecule has 2 N–H and O–H groups in total. The van der Waals surface area contributed by atoms with Gasteiger partial charge >= 0.3 is 0 Å². The summed E-state index contributed by atoms with van der Waals surface area (Å²) in [5.41, 5.74) is 4.10. The van der Waals surface area contributed by atoms with Crippen molar-refractivity contribution in [2.75, 3.05) is 0 Å². The summed E-state index contributed by atoms with van der Waals surface area (Å²) in [6.07, 6.45) is 3.95. The third kappa shape index (κ3) is 3.11. The Hall–Kier alpha value is -2.62. The van der Waals surface area contributed by atoms with Crippen LogP contribution in [0.25, 0.3) is 11.0 Å². The molecule has 0 saturated carbocycles. The van der Waals surface area contributed by atoms with Gasteiger partial charge in [-0.3, -0.25) is 4.79 Å². The van der Waals surface area contributed by atoms with Gasteiger partial charge in [0.15, 0.2) is 0 Å². The van der Waals surface area contributed by atoms with Gasteiger partial charge in [0.05, 0.1) is 6.42 Å². The highest BCUT2D eigenvalue weighted by Crippen LogP contribution is 2.16. The van der Waals surface area contributed by atoms with Crippen molar-refractivity contribution in [3.63, 3.8) is 0 Å². The van der Waals surface area contributed by atoms with Crippen molar-refractivity contribution in [1.29, 1.82) is 0 Å². The lowest BCUT2D eigenvalue weighted by Gasteiger charge is -2.05. The number of carbonyl (C=O) groups is 1. The number of rotatable bonds is 4. The average Bonchev–Trinajstić information content (AvgIpc) is 2.89. The second kappa shape index (κ2) is 5.79. The Balaban J connectivity index is 1.64. The molecular weight excluding hydrogens is 262 g/mol. The zero-order valence-electron chi connectivity index (χ0n) is 11.9. The quantitative estimate of drug-likeness (QED) is 0.771. The van der Waals surface area contributed by atoms with Crippen molar-refractivity contribution in [2.24, 2.45) is 0 Å². The molecule has 0 aliphatic rings. The molecule has 1 amide bonds. The average molecular weight is 279 g/mol. The molecule has 0 radical (unpaired) electrons. The van der Waals surface area contributed by atoms with Crippen LogP contribution in [0.1, 0.15) is 16.7 Å². The fourth-order valence-electron chi connectivity index (χ4n) is 2.42. The second-order valence-electron chi connectivity index (χ2n) is 5.16. The molecule has 0 unspecified atom stereocenters. The van der Waals surface area contributed by atoms with Gasteiger partial charge in [-0.15, -0.1) is 0 Å². The SMILES string of the molecule is Cc1cccc(CNC(=O)Cc2c[nH]c3ncccc23)c1. The van der Waals surface area contributed by atoms with E-state index in [-0.39, 0.29) is 5.91 Å². The lowest BCUT2D eigenvalue weighted by molar-refractivity contribution is -0.120. The van der Waals surface area contributed by atoms with Crippen LogP contribution < -0.4 is 5.32 Å². The summed E-state index contributed by atoms with van der Waals surface area (Å²) in [7, 11) is 0. The van der Waals surface area contributed by atoms with Gasteiger partial charge in [0.2, 0.25) is 5.91 Å². The molecule has 4 nitrogen and oxygen atoms in total. The third-order valence-corrected chi connectivity index (χ3v) is 3.46. The molecule has 0 saturated heterocycles. The van der Waals surface area contributed by atoms with Gasteiger partial charge in [0, 0.05) is 24.3 Å². The predicted octanol–water partition coefficient (Wildman–Crippen LogP) is 2.73. The van der Waals surface area contributed by atoms with Crippen LogP contribution in [0.3, 0.4) is 0 Å². The number of hydrogen-bond acceptors (Lipinski definition) is 2. The summed E-state index contributed by atoms with van der Waals surface area (Å²) in [4.78, 5) is 19.4. The molecule has 21 heavy (non-hydrogen) atoms. The highest BCUT2D eigenvalue weighted by molar-refractivity contribution is 5.87. The van der Waals surface area contributed by atoms with Crippen molar-refractivity contribution < 1.29 is 4.79 Å². The Morgan fingerprint density at radius 1 is 1.29 bits per heavy atom. The van der Waals surface area contributed by atoms with E-state index in [0.29, 0.717) is 13.0 Å². The van der Waals surface area contributed by atoms with Gasteiger partial charge in [-0.05, 0) is 30.2 Å². The van der Waals surface area contributed by atoms with Crippen LogP contribution in [0.2, 0.25) is 0 Å². The van der Waals surface area contributed by atoms with Crippen molar-refractivity contribution in [3.8, 4) is 0 Å². The van der Waals surface area contributed by atoms with E-state index in [1.54, 1.807) is 6.20 Å². The summed E-state index contributed by atoms with van der Waals surface area (Å²) in [5, 5.41) is 3.96. The molecule has 0 bridgehead atoms. The molecule has 0 spiro atoms. The van der Waals surface area contributed by atoms with Crippen LogP contribution in [0.5, 0.6) is 0 Å². The number of hydrogen-bond donors (Lipinski definition) is 2. The van der Waals surface area contributed by atoms with Gasteiger partial charge in [-0.2, -0.15) is 0 Å². The fourth-order valence-corrected chi connectivity index (χ4v) is 2.42. The number of fused-ring (bicyclic) bond motifs is 1. The minimum absolute atomic E-state index is 0.0151. The van der Waals surface area contributed by atoms with Gasteiger partial charge in [0.25, 0.3) is 0 Å². The number of carbonyl (C=O) groups excluding carboxylic acids is 1. The number of aryl methyl sites for hydroxylation is 1. The van der Waals surface area contributed by atoms with E-state index in [2.05, 4.69) is 21.4 Å². The van der Waals surface area contributed by atoms with Crippen molar-refractivity contribution in [1.82, 2.24) is 15.3 Å². The molecule has 106 valence electrons. The molecule has 0 fully saturated rings. The number of aromatic amines is 1. The van der Waals surface area contributed by atoms with Gasteiger partial charge in [-0.25, -0.2) is 4.98 Å². The number of benzene rings is 1. The lowest BCUT2D eigenvalue weighted by Crippen LogP contribution is -2.24. The third-order valence-electron chi connectivity index (χ3n) is 3.46. The molecule has 0 atom stereocenters. The number of amides is 1. The van der Waals surface area contributed by atoms with Crippen molar-refractivity contribution in [2.45, 2.75) is 19.9 Å². The first-order valence-electron chi connectivity index (χ1n) is 6.95. The van der Waals surface area contributed by atoms with Crippen LogP contribution in [-0.2, 0) is 17.8 Å². The standard InChI is InChI=1S/C17H17N3O/c1-12-4-2-5-13(8-12)10-19-16(21)9-14-11-20-17-15(14)6-3-7-18-17/h2-8,11H,9-10H2,1H3,(H,18,20)(H,19,21). The van der Waals surface area contributed by atoms with E-state index in [0.717, 1.165) is 22.2 Å². The van der Waals surface area contributed by atoms with Crippen molar-refractivity contribution >= 4 is 16.9 Å². The minimum atomic E-state index is 0.0151. The summed E-state index contributed by atoms with van der Waals surface area (Å²) >= 11 is 0. The van der Waals surface area contributed by atoms with Gasteiger partial charge in [-0.1, -0.05) is 29.8 Å². The van der Waals surface area contributed by atoms with Gasteiger partial charge in [0.1, 0.15) is 5.65 Å². The summed E-state index contributed by atoms with van der Waals surface area (Å²) in [6, 6.07) is 12.0. The normalized spacial score (nSPS) is 10.7. The molecule has 3 rings (SSSR count). The van der Waals surface area contributed by atoms with E-state index < -0.39 is 0 Å². The first-order chi connectivity index (χ1) is 10.2. The zero-order chi connectivity index (χ0) is 14.7. The summed E-state index contributed by atoms with van der Waals surface area (Å²) < 4.78 is 0. The Labute approximate surface area is 123 Å². The number of H-pyrrole nitrogens is 1. The van der Waals surface area contributed by atoms with E-state index in [4.69, 9.17) is 0 Å².